The van der Waals surface area contributed by atoms with Gasteiger partial charge in [0.1, 0.15) is 5.82 Å². The average Bonchev–Trinajstić information content (AvgIpc) is 3.29. The van der Waals surface area contributed by atoms with Crippen molar-refractivity contribution in [1.82, 2.24) is 9.97 Å². The fourth-order valence-corrected chi connectivity index (χ4v) is 5.09. The highest BCUT2D eigenvalue weighted by molar-refractivity contribution is 7.91. The third-order valence-corrected chi connectivity index (χ3v) is 6.96. The highest BCUT2D eigenvalue weighted by Crippen LogP contribution is 2.33. The van der Waals surface area contributed by atoms with Crippen molar-refractivity contribution in [3.63, 3.8) is 0 Å². The fourth-order valence-electron chi connectivity index (χ4n) is 3.76. The summed E-state index contributed by atoms with van der Waals surface area (Å²) in [5.41, 5.74) is 6.45. The van der Waals surface area contributed by atoms with Gasteiger partial charge in [0.2, 0.25) is 9.84 Å². The molecule has 1 aliphatic rings. The van der Waals surface area contributed by atoms with Crippen molar-refractivity contribution in [2.75, 3.05) is 0 Å². The Hall–Kier alpha value is -3.25. The summed E-state index contributed by atoms with van der Waals surface area (Å²) < 4.78 is 26.4. The number of imidazole rings is 1. The standard InChI is InChI=1S/C23H19N3O2S/c1-14-4-3-5-16(10-14)22-12-17-11-18(6-8-20(17)26-22)29(27,28)19-7-9-21-23(13-19)25-15(2)24-21/h3-11,13H,12H2,1-2H3,(H,24,25). The number of sulfone groups is 1. The number of nitrogens with zero attached hydrogens (tertiary/aromatic N) is 2. The van der Waals surface area contributed by atoms with E-state index in [-0.39, 0.29) is 9.79 Å². The van der Waals surface area contributed by atoms with E-state index in [4.69, 9.17) is 4.99 Å². The molecule has 6 heteroatoms. The van der Waals surface area contributed by atoms with Gasteiger partial charge in [-0.15, -0.1) is 0 Å². The van der Waals surface area contributed by atoms with Gasteiger partial charge in [-0.1, -0.05) is 29.8 Å². The predicted octanol–water partition coefficient (Wildman–Crippen LogP) is 4.69. The number of nitrogens with one attached hydrogen (secondary N) is 1. The molecule has 2 heterocycles. The smallest absolute Gasteiger partial charge is 0.206 e. The van der Waals surface area contributed by atoms with E-state index in [0.29, 0.717) is 6.42 Å². The molecule has 0 aliphatic carbocycles. The highest BCUT2D eigenvalue weighted by atomic mass is 32.2. The van der Waals surface area contributed by atoms with Crippen LogP contribution in [0.3, 0.4) is 0 Å². The molecule has 0 spiro atoms. The SMILES string of the molecule is Cc1cccc(C2=Nc3ccc(S(=O)(=O)c4ccc5nc(C)[nH]c5c4)cc3C2)c1. The molecule has 4 aromatic rings. The number of fused-ring (bicyclic) bond motifs is 2. The first-order chi connectivity index (χ1) is 13.9. The molecule has 5 nitrogen and oxygen atoms in total. The quantitative estimate of drug-likeness (QED) is 0.541. The maximum atomic E-state index is 13.2. The molecule has 0 amide bonds. The van der Waals surface area contributed by atoms with Gasteiger partial charge in [0.15, 0.2) is 0 Å². The molecule has 1 N–H and O–H groups in total. The van der Waals surface area contributed by atoms with E-state index in [1.807, 2.05) is 19.1 Å². The number of rotatable bonds is 3. The Balaban J connectivity index is 1.50. The molecule has 0 unspecified atom stereocenters. The lowest BCUT2D eigenvalue weighted by Crippen LogP contribution is -2.04. The zero-order valence-electron chi connectivity index (χ0n) is 16.1. The minimum Gasteiger partial charge on any atom is -0.342 e. The average molecular weight is 401 g/mol. The summed E-state index contributed by atoms with van der Waals surface area (Å²) >= 11 is 0. The predicted molar refractivity (Wildman–Crippen MR) is 114 cm³/mol. The van der Waals surface area contributed by atoms with Crippen LogP contribution >= 0.6 is 0 Å². The Morgan fingerprint density at radius 3 is 2.55 bits per heavy atom. The molecule has 0 atom stereocenters. The van der Waals surface area contributed by atoms with Crippen molar-refractivity contribution in [3.8, 4) is 0 Å². The molecule has 0 saturated carbocycles. The molecule has 3 aromatic carbocycles. The van der Waals surface area contributed by atoms with Crippen molar-refractivity contribution in [3.05, 3.63) is 83.2 Å². The van der Waals surface area contributed by atoms with Crippen LogP contribution in [0.4, 0.5) is 5.69 Å². The van der Waals surface area contributed by atoms with Crippen LogP contribution < -0.4 is 0 Å². The molecule has 1 aromatic heterocycles. The molecular weight excluding hydrogens is 382 g/mol. The third kappa shape index (κ3) is 3.06. The van der Waals surface area contributed by atoms with E-state index in [9.17, 15) is 8.42 Å². The summed E-state index contributed by atoms with van der Waals surface area (Å²) in [7, 11) is -3.63. The van der Waals surface area contributed by atoms with Crippen LogP contribution in [0.15, 0.2) is 75.4 Å². The minimum absolute atomic E-state index is 0.256. The van der Waals surface area contributed by atoms with Crippen LogP contribution in [0.5, 0.6) is 0 Å². The molecule has 1 aliphatic heterocycles. The van der Waals surface area contributed by atoms with E-state index in [1.54, 1.807) is 36.4 Å². The Morgan fingerprint density at radius 1 is 0.931 bits per heavy atom. The summed E-state index contributed by atoms with van der Waals surface area (Å²) in [5.74, 6) is 0.757. The van der Waals surface area contributed by atoms with Crippen molar-refractivity contribution in [1.29, 1.82) is 0 Å². The third-order valence-electron chi connectivity index (χ3n) is 5.21. The Kier molecular flexibility index (Phi) is 3.93. The molecule has 0 saturated heterocycles. The number of benzene rings is 3. The number of aromatic nitrogens is 2. The summed E-state index contributed by atoms with van der Waals surface area (Å²) in [5, 5.41) is 0. The topological polar surface area (TPSA) is 75.2 Å². The van der Waals surface area contributed by atoms with Crippen LogP contribution in [0.25, 0.3) is 11.0 Å². The minimum atomic E-state index is -3.63. The van der Waals surface area contributed by atoms with Gasteiger partial charge in [-0.05, 0) is 61.4 Å². The van der Waals surface area contributed by atoms with Gasteiger partial charge in [-0.3, -0.25) is 4.99 Å². The largest absolute Gasteiger partial charge is 0.342 e. The number of H-pyrrole nitrogens is 1. The van der Waals surface area contributed by atoms with Crippen molar-refractivity contribution in [2.24, 2.45) is 4.99 Å². The van der Waals surface area contributed by atoms with Crippen LogP contribution in [0.2, 0.25) is 0 Å². The zero-order chi connectivity index (χ0) is 20.2. The fraction of sp³-hybridized carbons (Fsp3) is 0.130. The van der Waals surface area contributed by atoms with Crippen molar-refractivity contribution < 1.29 is 8.42 Å². The van der Waals surface area contributed by atoms with Crippen LogP contribution in [0, 0.1) is 13.8 Å². The summed E-state index contributed by atoms with van der Waals surface area (Å²) in [6.45, 7) is 3.90. The molecule has 144 valence electrons. The monoisotopic (exact) mass is 401 g/mol. The number of aromatic amines is 1. The second-order valence-electron chi connectivity index (χ2n) is 7.40. The van der Waals surface area contributed by atoms with Crippen LogP contribution in [0.1, 0.15) is 22.5 Å². The summed E-state index contributed by atoms with van der Waals surface area (Å²) in [6, 6.07) is 18.4. The molecule has 0 radical (unpaired) electrons. The maximum absolute atomic E-state index is 13.2. The van der Waals surface area contributed by atoms with Gasteiger partial charge in [0.25, 0.3) is 0 Å². The molecule has 5 rings (SSSR count). The van der Waals surface area contributed by atoms with E-state index in [2.05, 4.69) is 29.0 Å². The Labute approximate surface area is 169 Å². The maximum Gasteiger partial charge on any atom is 0.206 e. The normalized spacial score (nSPS) is 13.5. The molecule has 0 bridgehead atoms. The first-order valence-corrected chi connectivity index (χ1v) is 10.9. The van der Waals surface area contributed by atoms with Crippen molar-refractivity contribution >= 4 is 32.3 Å². The van der Waals surface area contributed by atoms with Gasteiger partial charge in [0.05, 0.1) is 32.2 Å². The Bertz CT molecular complexity index is 1420. The van der Waals surface area contributed by atoms with E-state index in [0.717, 1.165) is 39.4 Å². The second kappa shape index (κ2) is 6.39. The van der Waals surface area contributed by atoms with E-state index >= 15 is 0 Å². The van der Waals surface area contributed by atoms with Gasteiger partial charge in [-0.2, -0.15) is 0 Å². The van der Waals surface area contributed by atoms with Gasteiger partial charge in [-0.25, -0.2) is 13.4 Å². The Morgan fingerprint density at radius 2 is 1.72 bits per heavy atom. The van der Waals surface area contributed by atoms with Crippen molar-refractivity contribution in [2.45, 2.75) is 30.1 Å². The summed E-state index contributed by atoms with van der Waals surface area (Å²) in [6.07, 6.45) is 0.626. The highest BCUT2D eigenvalue weighted by Gasteiger charge is 2.23. The zero-order valence-corrected chi connectivity index (χ0v) is 16.9. The first kappa shape index (κ1) is 17.8. The lowest BCUT2D eigenvalue weighted by molar-refractivity contribution is 0.596. The number of aliphatic imine (C=N–C) groups is 1. The lowest BCUT2D eigenvalue weighted by atomic mass is 10.0. The molecule has 0 fully saturated rings. The van der Waals surface area contributed by atoms with Gasteiger partial charge in [0, 0.05) is 6.42 Å². The summed E-state index contributed by atoms with van der Waals surface area (Å²) in [4.78, 5) is 12.7. The van der Waals surface area contributed by atoms with Gasteiger partial charge >= 0.3 is 0 Å². The molecular formula is C23H19N3O2S. The first-order valence-electron chi connectivity index (χ1n) is 9.39. The molecule has 29 heavy (non-hydrogen) atoms. The van der Waals surface area contributed by atoms with Gasteiger partial charge < -0.3 is 4.98 Å². The lowest BCUT2D eigenvalue weighted by Gasteiger charge is -2.07. The second-order valence-corrected chi connectivity index (χ2v) is 9.35. The van der Waals surface area contributed by atoms with E-state index in [1.165, 1.54) is 5.56 Å². The van der Waals surface area contributed by atoms with Crippen LogP contribution in [-0.4, -0.2) is 24.1 Å². The van der Waals surface area contributed by atoms with E-state index < -0.39 is 9.84 Å². The van der Waals surface area contributed by atoms with Crippen LogP contribution in [-0.2, 0) is 16.3 Å². The number of hydrogen-bond donors (Lipinski definition) is 1. The number of hydrogen-bond acceptors (Lipinski definition) is 4. The number of aryl methyl sites for hydroxylation is 2.